The number of para-hydroxylation sites is 1. The van der Waals surface area contributed by atoms with E-state index in [4.69, 9.17) is 9.15 Å². The van der Waals surface area contributed by atoms with Crippen molar-refractivity contribution in [2.45, 2.75) is 26.4 Å². The van der Waals surface area contributed by atoms with Gasteiger partial charge in [0.2, 0.25) is 5.78 Å². The summed E-state index contributed by atoms with van der Waals surface area (Å²) in [4.78, 5) is 35.3. The Kier molecular flexibility index (Phi) is 6.87. The van der Waals surface area contributed by atoms with Gasteiger partial charge in [0.15, 0.2) is 22.9 Å². The first-order valence-electron chi connectivity index (χ1n) is 12.6. The van der Waals surface area contributed by atoms with E-state index >= 15 is 0 Å². The summed E-state index contributed by atoms with van der Waals surface area (Å²) in [6.07, 6.45) is 1.64. The van der Waals surface area contributed by atoms with Gasteiger partial charge >= 0.3 is 0 Å². The van der Waals surface area contributed by atoms with Gasteiger partial charge in [0.1, 0.15) is 0 Å². The number of methoxy groups -OCH3 is 1. The lowest BCUT2D eigenvalue weighted by atomic mass is 9.94. The molecule has 0 bridgehead atoms. The lowest BCUT2D eigenvalue weighted by molar-refractivity contribution is -0.130. The van der Waals surface area contributed by atoms with Crippen LogP contribution in [0.4, 0.5) is 5.69 Å². The molecule has 4 aromatic rings. The molecule has 1 aliphatic heterocycles. The normalized spacial score (nSPS) is 15.4. The van der Waals surface area contributed by atoms with E-state index in [2.05, 4.69) is 23.7 Å². The number of carbonyl (C=O) groups is 2. The number of rotatable bonds is 9. The Labute approximate surface area is 220 Å². The van der Waals surface area contributed by atoms with Crippen LogP contribution >= 0.6 is 0 Å². The van der Waals surface area contributed by atoms with Crippen LogP contribution in [0.1, 0.15) is 41.7 Å². The first kappa shape index (κ1) is 25.1. The van der Waals surface area contributed by atoms with Crippen LogP contribution in [0.3, 0.4) is 0 Å². The van der Waals surface area contributed by atoms with E-state index in [1.165, 1.54) is 12.0 Å². The number of hydrogen-bond acceptors (Lipinski definition) is 7. The summed E-state index contributed by atoms with van der Waals surface area (Å²) < 4.78 is 11.3. The fourth-order valence-electron chi connectivity index (χ4n) is 4.96. The molecule has 0 aliphatic carbocycles. The molecule has 5 rings (SSSR count). The minimum Gasteiger partial charge on any atom is -0.503 e. The van der Waals surface area contributed by atoms with E-state index < -0.39 is 23.5 Å². The van der Waals surface area contributed by atoms with Crippen molar-refractivity contribution < 1.29 is 23.8 Å². The molecule has 8 nitrogen and oxygen atoms in total. The molecule has 2 aromatic carbocycles. The largest absolute Gasteiger partial charge is 0.503 e. The van der Waals surface area contributed by atoms with Crippen LogP contribution in [-0.4, -0.2) is 46.9 Å². The quantitative estimate of drug-likeness (QED) is 0.298. The van der Waals surface area contributed by atoms with Gasteiger partial charge in [0, 0.05) is 30.4 Å². The molecule has 0 saturated heterocycles. The third-order valence-corrected chi connectivity index (χ3v) is 6.90. The van der Waals surface area contributed by atoms with Gasteiger partial charge in [-0.15, -0.1) is 0 Å². The summed E-state index contributed by atoms with van der Waals surface area (Å²) in [7, 11) is 1.52. The van der Waals surface area contributed by atoms with Crippen LogP contribution < -0.4 is 9.64 Å². The Hall–Kier alpha value is -4.59. The maximum Gasteiger partial charge on any atom is 0.290 e. The van der Waals surface area contributed by atoms with E-state index in [0.717, 1.165) is 18.8 Å². The summed E-state index contributed by atoms with van der Waals surface area (Å²) in [5.41, 5.74) is 2.77. The minimum absolute atomic E-state index is 0.0169. The summed E-state index contributed by atoms with van der Waals surface area (Å²) >= 11 is 0. The Morgan fingerprint density at radius 1 is 1.08 bits per heavy atom. The first-order valence-corrected chi connectivity index (χ1v) is 12.6. The van der Waals surface area contributed by atoms with Gasteiger partial charge in [-0.05, 0) is 55.8 Å². The number of benzene rings is 2. The number of hydrogen-bond donors (Lipinski definition) is 1. The van der Waals surface area contributed by atoms with Crippen LogP contribution in [-0.2, 0) is 11.3 Å². The van der Waals surface area contributed by atoms with Crippen LogP contribution in [0.2, 0.25) is 0 Å². The molecule has 0 fully saturated rings. The van der Waals surface area contributed by atoms with Crippen molar-refractivity contribution in [2.24, 2.45) is 0 Å². The molecule has 1 amide bonds. The smallest absolute Gasteiger partial charge is 0.290 e. The number of amides is 1. The van der Waals surface area contributed by atoms with E-state index in [9.17, 15) is 14.7 Å². The van der Waals surface area contributed by atoms with Gasteiger partial charge < -0.3 is 24.1 Å². The fraction of sp³-hybridized carbons (Fsp3) is 0.233. The number of anilines is 1. The van der Waals surface area contributed by atoms with Crippen LogP contribution in [0.5, 0.6) is 5.75 Å². The van der Waals surface area contributed by atoms with Gasteiger partial charge in [-0.25, -0.2) is 0 Å². The van der Waals surface area contributed by atoms with Gasteiger partial charge in [0.05, 0.1) is 31.0 Å². The number of fused-ring (bicyclic) bond motifs is 1. The molecule has 38 heavy (non-hydrogen) atoms. The topological polar surface area (TPSA) is 96.1 Å². The molecule has 0 saturated carbocycles. The number of ether oxygens (including phenoxy) is 1. The maximum absolute atomic E-state index is 13.9. The van der Waals surface area contributed by atoms with Crippen LogP contribution in [0.25, 0.3) is 11.0 Å². The van der Waals surface area contributed by atoms with Crippen molar-refractivity contribution in [2.75, 3.05) is 25.1 Å². The first-order chi connectivity index (χ1) is 18.5. The molecule has 1 aliphatic rings. The predicted octanol–water partition coefficient (Wildman–Crippen LogP) is 5.46. The Morgan fingerprint density at radius 3 is 2.50 bits per heavy atom. The zero-order chi connectivity index (χ0) is 26.8. The minimum atomic E-state index is -0.821. The predicted molar refractivity (Wildman–Crippen MR) is 144 cm³/mol. The molecule has 3 heterocycles. The van der Waals surface area contributed by atoms with Gasteiger partial charge in [-0.2, -0.15) is 0 Å². The number of aromatic nitrogens is 1. The summed E-state index contributed by atoms with van der Waals surface area (Å²) in [6.45, 7) is 5.99. The molecule has 0 radical (unpaired) electrons. The van der Waals surface area contributed by atoms with Gasteiger partial charge in [-0.3, -0.25) is 14.6 Å². The van der Waals surface area contributed by atoms with E-state index in [1.54, 1.807) is 36.5 Å². The Bertz CT molecular complexity index is 1500. The number of aliphatic hydroxyl groups is 1. The molecule has 194 valence electrons. The molecular weight excluding hydrogens is 482 g/mol. The number of pyridine rings is 1. The van der Waals surface area contributed by atoms with E-state index in [1.807, 2.05) is 36.4 Å². The number of nitrogens with zero attached hydrogens (tertiary/aromatic N) is 3. The second-order valence-corrected chi connectivity index (χ2v) is 9.00. The lowest BCUT2D eigenvalue weighted by Crippen LogP contribution is -2.31. The van der Waals surface area contributed by atoms with Gasteiger partial charge in [-0.1, -0.05) is 30.3 Å². The number of Topliss-reactive ketones (excluding diaryl/α,β-unsaturated/α-hetero) is 1. The molecule has 2 aromatic heterocycles. The zero-order valence-corrected chi connectivity index (χ0v) is 21.5. The molecule has 0 spiro atoms. The highest BCUT2D eigenvalue weighted by Crippen LogP contribution is 2.41. The summed E-state index contributed by atoms with van der Waals surface area (Å²) in [6, 6.07) is 19.3. The SMILES string of the molecule is CCN(CC)c1ccc(C2C(C(=O)c3cc4cccc(OC)c4o3)=C(O)C(=O)N2Cc2ccccn2)cc1. The zero-order valence-electron chi connectivity index (χ0n) is 21.5. The molecule has 1 unspecified atom stereocenters. The van der Waals surface area contributed by atoms with Crippen molar-refractivity contribution >= 4 is 28.3 Å². The standard InChI is InChI=1S/C30H29N3O5/c1-4-32(5-2)22-14-12-19(13-15-22)26-25(28(35)30(36)33(26)18-21-10-6-7-16-31-21)27(34)24-17-20-9-8-11-23(37-3)29(20)38-24/h6-17,26,35H,4-5,18H2,1-3H3. The number of carbonyl (C=O) groups excluding carboxylic acids is 2. The maximum atomic E-state index is 13.9. The number of furan rings is 1. The molecule has 1 atom stereocenters. The number of ketones is 1. The number of aliphatic hydroxyl groups excluding tert-OH is 1. The van der Waals surface area contributed by atoms with Crippen molar-refractivity contribution in [1.29, 1.82) is 0 Å². The highest BCUT2D eigenvalue weighted by Gasteiger charge is 2.44. The van der Waals surface area contributed by atoms with Crippen molar-refractivity contribution in [3.8, 4) is 5.75 Å². The van der Waals surface area contributed by atoms with Gasteiger partial charge in [0.25, 0.3) is 5.91 Å². The second kappa shape index (κ2) is 10.4. The Balaban J connectivity index is 1.59. The summed E-state index contributed by atoms with van der Waals surface area (Å²) in [5, 5.41) is 11.7. The van der Waals surface area contributed by atoms with E-state index in [-0.39, 0.29) is 17.9 Å². The Morgan fingerprint density at radius 2 is 1.84 bits per heavy atom. The van der Waals surface area contributed by atoms with E-state index in [0.29, 0.717) is 28.0 Å². The monoisotopic (exact) mass is 511 g/mol. The average molecular weight is 512 g/mol. The van der Waals surface area contributed by atoms with Crippen molar-refractivity contribution in [1.82, 2.24) is 9.88 Å². The van der Waals surface area contributed by atoms with Crippen molar-refractivity contribution in [3.63, 3.8) is 0 Å². The van der Waals surface area contributed by atoms with Crippen molar-refractivity contribution in [3.05, 3.63) is 101 Å². The summed E-state index contributed by atoms with van der Waals surface area (Å²) in [5.74, 6) is -1.28. The lowest BCUT2D eigenvalue weighted by Gasteiger charge is -2.27. The second-order valence-electron chi connectivity index (χ2n) is 9.00. The van der Waals surface area contributed by atoms with Crippen LogP contribution in [0.15, 0.2) is 88.7 Å². The highest BCUT2D eigenvalue weighted by atomic mass is 16.5. The third-order valence-electron chi connectivity index (χ3n) is 6.90. The molecule has 8 heteroatoms. The molecular formula is C30H29N3O5. The average Bonchev–Trinajstić information content (AvgIpc) is 3.49. The molecule has 1 N–H and O–H groups in total. The van der Waals surface area contributed by atoms with Crippen LogP contribution in [0, 0.1) is 0 Å². The third kappa shape index (κ3) is 4.38. The highest BCUT2D eigenvalue weighted by molar-refractivity contribution is 6.16. The fourth-order valence-corrected chi connectivity index (χ4v) is 4.96.